The zero-order valence-electron chi connectivity index (χ0n) is 11.1. The minimum absolute atomic E-state index is 0.0556. The van der Waals surface area contributed by atoms with Crippen LogP contribution in [0.1, 0.15) is 22.9 Å². The van der Waals surface area contributed by atoms with Gasteiger partial charge in [-0.2, -0.15) is 0 Å². The molecule has 1 aromatic heterocycles. The van der Waals surface area contributed by atoms with Crippen LogP contribution in [0, 0.1) is 30.9 Å². The molecule has 0 atom stereocenters. The van der Waals surface area contributed by atoms with Crippen molar-refractivity contribution in [1.82, 2.24) is 4.98 Å². The third kappa shape index (κ3) is 2.90. The molecule has 0 aliphatic carbocycles. The molecule has 19 heavy (non-hydrogen) atoms. The maximum absolute atomic E-state index is 11.0. The van der Waals surface area contributed by atoms with Crippen molar-refractivity contribution in [3.05, 3.63) is 51.2 Å². The number of nitrogens with one attached hydrogen (secondary N) is 1. The molecule has 0 saturated carbocycles. The van der Waals surface area contributed by atoms with Gasteiger partial charge in [0.15, 0.2) is 0 Å². The maximum atomic E-state index is 11.0. The Morgan fingerprint density at radius 3 is 2.68 bits per heavy atom. The highest BCUT2D eigenvalue weighted by atomic mass is 16.6. The highest BCUT2D eigenvalue weighted by Crippen LogP contribution is 2.25. The molecule has 2 aromatic rings. The fraction of sp³-hybridized carbons (Fsp3) is 0.308. The van der Waals surface area contributed by atoms with Gasteiger partial charge in [-0.05, 0) is 32.4 Å². The van der Waals surface area contributed by atoms with Crippen molar-refractivity contribution in [3.63, 3.8) is 0 Å². The van der Waals surface area contributed by atoms with Crippen LogP contribution in [-0.2, 0) is 6.54 Å². The number of aryl methyl sites for hydroxylation is 3. The van der Waals surface area contributed by atoms with E-state index < -0.39 is 4.92 Å². The Kier molecular flexibility index (Phi) is 3.50. The van der Waals surface area contributed by atoms with Gasteiger partial charge in [0, 0.05) is 6.07 Å². The van der Waals surface area contributed by atoms with Crippen LogP contribution in [0.4, 0.5) is 11.4 Å². The number of nitro benzene ring substituents is 1. The summed E-state index contributed by atoms with van der Waals surface area (Å²) in [5, 5.41) is 14.0. The summed E-state index contributed by atoms with van der Waals surface area (Å²) in [4.78, 5) is 14.8. The lowest BCUT2D eigenvalue weighted by atomic mass is 10.2. The SMILES string of the molecule is Cc1ccc(NCc2nc(C)c(C)o2)c([N+](=O)[O-])c1. The second-order valence-corrected chi connectivity index (χ2v) is 4.38. The van der Waals surface area contributed by atoms with Gasteiger partial charge in [-0.3, -0.25) is 10.1 Å². The Hall–Kier alpha value is -2.37. The van der Waals surface area contributed by atoms with Crippen LogP contribution in [-0.4, -0.2) is 9.91 Å². The number of rotatable bonds is 4. The van der Waals surface area contributed by atoms with Gasteiger partial charge in [-0.25, -0.2) is 4.98 Å². The lowest BCUT2D eigenvalue weighted by Gasteiger charge is -2.05. The van der Waals surface area contributed by atoms with Gasteiger partial charge in [-0.15, -0.1) is 0 Å². The first-order valence-electron chi connectivity index (χ1n) is 5.89. The molecular weight excluding hydrogens is 246 g/mol. The molecule has 0 amide bonds. The molecule has 6 nitrogen and oxygen atoms in total. The topological polar surface area (TPSA) is 81.2 Å². The van der Waals surface area contributed by atoms with Gasteiger partial charge in [0.05, 0.1) is 17.2 Å². The molecule has 0 fully saturated rings. The van der Waals surface area contributed by atoms with Crippen LogP contribution in [0.3, 0.4) is 0 Å². The van der Waals surface area contributed by atoms with Gasteiger partial charge in [-0.1, -0.05) is 6.07 Å². The number of anilines is 1. The first-order valence-corrected chi connectivity index (χ1v) is 5.89. The van der Waals surface area contributed by atoms with Crippen LogP contribution in [0.5, 0.6) is 0 Å². The summed E-state index contributed by atoms with van der Waals surface area (Å²) >= 11 is 0. The first kappa shape index (κ1) is 13.1. The van der Waals surface area contributed by atoms with Crippen molar-refractivity contribution in [2.24, 2.45) is 0 Å². The average Bonchev–Trinajstić information content (AvgIpc) is 2.67. The molecule has 0 unspecified atom stereocenters. The number of oxazole rings is 1. The van der Waals surface area contributed by atoms with Crippen LogP contribution in [0.2, 0.25) is 0 Å². The second-order valence-electron chi connectivity index (χ2n) is 4.38. The Morgan fingerprint density at radius 1 is 1.37 bits per heavy atom. The van der Waals surface area contributed by atoms with E-state index in [1.807, 2.05) is 26.8 Å². The number of nitrogens with zero attached hydrogens (tertiary/aromatic N) is 2. The van der Waals surface area contributed by atoms with Crippen molar-refractivity contribution >= 4 is 11.4 Å². The minimum atomic E-state index is -0.401. The van der Waals surface area contributed by atoms with Gasteiger partial charge in [0.25, 0.3) is 5.69 Å². The minimum Gasteiger partial charge on any atom is -0.444 e. The fourth-order valence-corrected chi connectivity index (χ4v) is 1.73. The summed E-state index contributed by atoms with van der Waals surface area (Å²) in [6.45, 7) is 5.83. The van der Waals surface area contributed by atoms with Crippen molar-refractivity contribution < 1.29 is 9.34 Å². The molecular formula is C13H15N3O3. The molecule has 0 aliphatic rings. The molecule has 1 aromatic carbocycles. The molecule has 0 radical (unpaired) electrons. The zero-order chi connectivity index (χ0) is 14.0. The van der Waals surface area contributed by atoms with Crippen LogP contribution < -0.4 is 5.32 Å². The van der Waals surface area contributed by atoms with Crippen LogP contribution in [0.25, 0.3) is 0 Å². The number of hydrogen-bond acceptors (Lipinski definition) is 5. The normalized spacial score (nSPS) is 10.5. The van der Waals surface area contributed by atoms with E-state index in [1.165, 1.54) is 6.07 Å². The maximum Gasteiger partial charge on any atom is 0.292 e. The Morgan fingerprint density at radius 2 is 2.11 bits per heavy atom. The van der Waals surface area contributed by atoms with E-state index in [0.29, 0.717) is 18.1 Å². The molecule has 0 aliphatic heterocycles. The highest BCUT2D eigenvalue weighted by molar-refractivity contribution is 5.62. The summed E-state index contributed by atoms with van der Waals surface area (Å²) in [6, 6.07) is 5.05. The zero-order valence-corrected chi connectivity index (χ0v) is 11.1. The monoisotopic (exact) mass is 261 g/mol. The average molecular weight is 261 g/mol. The Labute approximate surface area is 110 Å². The number of aromatic nitrogens is 1. The predicted octanol–water partition coefficient (Wildman–Crippen LogP) is 3.12. The van der Waals surface area contributed by atoms with Crippen LogP contribution in [0.15, 0.2) is 22.6 Å². The lowest BCUT2D eigenvalue weighted by molar-refractivity contribution is -0.384. The van der Waals surface area contributed by atoms with Crippen molar-refractivity contribution in [1.29, 1.82) is 0 Å². The summed E-state index contributed by atoms with van der Waals surface area (Å²) in [7, 11) is 0. The molecule has 0 spiro atoms. The van der Waals surface area contributed by atoms with Crippen LogP contribution >= 0.6 is 0 Å². The third-order valence-electron chi connectivity index (χ3n) is 2.85. The standard InChI is InChI=1S/C13H15N3O3/c1-8-4-5-11(12(6-8)16(17)18)14-7-13-15-9(2)10(3)19-13/h4-6,14H,7H2,1-3H3. The first-order chi connectivity index (χ1) is 8.97. The van der Waals surface area contributed by atoms with E-state index in [4.69, 9.17) is 4.42 Å². The summed E-state index contributed by atoms with van der Waals surface area (Å²) in [5.41, 5.74) is 2.19. The van der Waals surface area contributed by atoms with Gasteiger partial charge in [0.1, 0.15) is 11.4 Å². The Balaban J connectivity index is 2.17. The summed E-state index contributed by atoms with van der Waals surface area (Å²) in [6.07, 6.45) is 0. The molecule has 100 valence electrons. The van der Waals surface area contributed by atoms with E-state index in [-0.39, 0.29) is 5.69 Å². The smallest absolute Gasteiger partial charge is 0.292 e. The summed E-state index contributed by atoms with van der Waals surface area (Å²) in [5.74, 6) is 1.28. The van der Waals surface area contributed by atoms with Gasteiger partial charge in [0.2, 0.25) is 5.89 Å². The van der Waals surface area contributed by atoms with E-state index in [0.717, 1.165) is 17.0 Å². The van der Waals surface area contributed by atoms with E-state index in [2.05, 4.69) is 10.3 Å². The van der Waals surface area contributed by atoms with E-state index in [9.17, 15) is 10.1 Å². The molecule has 2 rings (SSSR count). The number of nitro groups is 1. The van der Waals surface area contributed by atoms with Gasteiger partial charge < -0.3 is 9.73 Å². The molecule has 0 bridgehead atoms. The predicted molar refractivity (Wildman–Crippen MR) is 71.1 cm³/mol. The van der Waals surface area contributed by atoms with E-state index in [1.54, 1.807) is 6.07 Å². The summed E-state index contributed by atoms with van der Waals surface area (Å²) < 4.78 is 5.42. The molecule has 1 heterocycles. The molecule has 1 N–H and O–H groups in total. The van der Waals surface area contributed by atoms with Crippen molar-refractivity contribution in [2.45, 2.75) is 27.3 Å². The second kappa shape index (κ2) is 5.09. The number of hydrogen-bond donors (Lipinski definition) is 1. The lowest BCUT2D eigenvalue weighted by Crippen LogP contribution is -2.03. The van der Waals surface area contributed by atoms with Crippen molar-refractivity contribution in [3.8, 4) is 0 Å². The molecule has 0 saturated heterocycles. The number of benzene rings is 1. The largest absolute Gasteiger partial charge is 0.444 e. The van der Waals surface area contributed by atoms with Gasteiger partial charge >= 0.3 is 0 Å². The molecule has 6 heteroatoms. The van der Waals surface area contributed by atoms with E-state index >= 15 is 0 Å². The quantitative estimate of drug-likeness (QED) is 0.675. The third-order valence-corrected chi connectivity index (χ3v) is 2.85. The fourth-order valence-electron chi connectivity index (χ4n) is 1.73. The Bertz CT molecular complexity index is 600. The van der Waals surface area contributed by atoms with Crippen molar-refractivity contribution in [2.75, 3.05) is 5.32 Å². The highest BCUT2D eigenvalue weighted by Gasteiger charge is 2.14.